The molecule has 0 fully saturated rings. The summed E-state index contributed by atoms with van der Waals surface area (Å²) in [5.41, 5.74) is 0.232. The number of ether oxygens (including phenoxy) is 1. The molecule has 0 aliphatic carbocycles. The lowest BCUT2D eigenvalue weighted by Crippen LogP contribution is -2.18. The molecular weight excluding hydrogens is 266 g/mol. The first-order valence-corrected chi connectivity index (χ1v) is 6.21. The smallest absolute Gasteiger partial charge is 0.359 e. The van der Waals surface area contributed by atoms with Gasteiger partial charge in [0.25, 0.3) is 6.08 Å². The van der Waals surface area contributed by atoms with Crippen molar-refractivity contribution in [3.63, 3.8) is 0 Å². The fraction of sp³-hybridized carbons (Fsp3) is 0.286. The number of hydrogen-bond acceptors (Lipinski definition) is 3. The summed E-state index contributed by atoms with van der Waals surface area (Å²) in [6.07, 6.45) is -1.05. The zero-order valence-corrected chi connectivity index (χ0v) is 11.1. The van der Waals surface area contributed by atoms with E-state index in [1.54, 1.807) is 38.1 Å². The van der Waals surface area contributed by atoms with Crippen LogP contribution in [0.4, 0.5) is 8.78 Å². The summed E-state index contributed by atoms with van der Waals surface area (Å²) in [7, 11) is 0. The van der Waals surface area contributed by atoms with E-state index in [9.17, 15) is 13.6 Å². The number of carbonyl (C=O) groups excluding carboxylic acids is 1. The van der Waals surface area contributed by atoms with Gasteiger partial charge in [-0.1, -0.05) is 30.3 Å². The van der Waals surface area contributed by atoms with Gasteiger partial charge < -0.3 is 4.74 Å². The summed E-state index contributed by atoms with van der Waals surface area (Å²) in [5.74, 6) is -2.09. The van der Waals surface area contributed by atoms with Crippen molar-refractivity contribution in [3.05, 3.63) is 53.6 Å². The monoisotopic (exact) mass is 280 g/mol. The Kier molecular flexibility index (Phi) is 4.12. The fourth-order valence-corrected chi connectivity index (χ4v) is 2.00. The van der Waals surface area contributed by atoms with Crippen molar-refractivity contribution in [1.82, 2.24) is 9.55 Å². The Bertz CT molecular complexity index is 611. The van der Waals surface area contributed by atoms with Gasteiger partial charge in [-0.15, -0.1) is 0 Å². The number of esters is 1. The third-order valence-corrected chi connectivity index (χ3v) is 2.96. The minimum absolute atomic E-state index is 0.0742. The lowest BCUT2D eigenvalue weighted by atomic mass is 10.1. The van der Waals surface area contributed by atoms with Gasteiger partial charge >= 0.3 is 5.97 Å². The number of nitrogens with zero attached hydrogens (tertiary/aromatic N) is 2. The molecule has 2 aromatic rings. The Labute approximate surface area is 115 Å². The highest BCUT2D eigenvalue weighted by molar-refractivity contribution is 5.87. The molecule has 1 aromatic carbocycles. The third kappa shape index (κ3) is 2.54. The molecule has 0 amide bonds. The molecule has 106 valence electrons. The zero-order chi connectivity index (χ0) is 14.7. The predicted octanol–water partition coefficient (Wildman–Crippen LogP) is 2.95. The van der Waals surface area contributed by atoms with Gasteiger partial charge in [-0.25, -0.2) is 4.79 Å². The van der Waals surface area contributed by atoms with E-state index in [-0.39, 0.29) is 6.61 Å². The van der Waals surface area contributed by atoms with E-state index in [1.165, 1.54) is 0 Å². The summed E-state index contributed by atoms with van der Waals surface area (Å²) < 4.78 is 33.1. The normalized spacial score (nSPS) is 12.2. The zero-order valence-electron chi connectivity index (χ0n) is 11.1. The molecule has 0 aliphatic rings. The molecule has 6 heteroatoms. The average Bonchev–Trinajstić information content (AvgIpc) is 2.74. The highest BCUT2D eigenvalue weighted by Gasteiger charge is 2.28. The summed E-state index contributed by atoms with van der Waals surface area (Å²) in [6, 6.07) is 8.32. The first kappa shape index (κ1) is 14.2. The van der Waals surface area contributed by atoms with E-state index in [0.717, 1.165) is 10.1 Å². The predicted molar refractivity (Wildman–Crippen MR) is 68.4 cm³/mol. The van der Waals surface area contributed by atoms with Gasteiger partial charge in [0.1, 0.15) is 0 Å². The van der Waals surface area contributed by atoms with Gasteiger partial charge in [0.05, 0.1) is 12.6 Å². The lowest BCUT2D eigenvalue weighted by Gasteiger charge is -2.16. The maximum Gasteiger partial charge on any atom is 0.359 e. The van der Waals surface area contributed by atoms with E-state index in [1.807, 2.05) is 6.07 Å². The summed E-state index contributed by atoms with van der Waals surface area (Å²) in [4.78, 5) is 14.8. The fourth-order valence-electron chi connectivity index (χ4n) is 2.00. The van der Waals surface area contributed by atoms with Crippen LogP contribution in [0.1, 0.15) is 35.9 Å². The van der Waals surface area contributed by atoms with Gasteiger partial charge in [-0.3, -0.25) is 4.57 Å². The SMILES string of the molecule is CCOC(=O)c1c(F)nc(F)n1[C@H](C)c1ccccc1. The molecular formula is C14H14F2N2O2. The van der Waals surface area contributed by atoms with Crippen molar-refractivity contribution >= 4 is 5.97 Å². The van der Waals surface area contributed by atoms with E-state index >= 15 is 0 Å². The molecule has 0 spiro atoms. The van der Waals surface area contributed by atoms with E-state index in [2.05, 4.69) is 4.98 Å². The Morgan fingerprint density at radius 3 is 2.60 bits per heavy atom. The van der Waals surface area contributed by atoms with Gasteiger partial charge in [-0.05, 0) is 19.4 Å². The van der Waals surface area contributed by atoms with Crippen molar-refractivity contribution in [1.29, 1.82) is 0 Å². The van der Waals surface area contributed by atoms with Gasteiger partial charge in [0.15, 0.2) is 5.69 Å². The van der Waals surface area contributed by atoms with Crippen molar-refractivity contribution in [2.45, 2.75) is 19.9 Å². The van der Waals surface area contributed by atoms with Gasteiger partial charge in [-0.2, -0.15) is 13.8 Å². The van der Waals surface area contributed by atoms with Crippen LogP contribution in [-0.4, -0.2) is 22.1 Å². The standard InChI is InChI=1S/C14H14F2N2O2/c1-3-20-13(19)11-12(15)17-14(16)18(11)9(2)10-7-5-4-6-8-10/h4-9H,3H2,1-2H3/t9-/m1/s1. The summed E-state index contributed by atoms with van der Waals surface area (Å²) in [6.45, 7) is 3.32. The Hall–Kier alpha value is -2.24. The van der Waals surface area contributed by atoms with Crippen LogP contribution >= 0.6 is 0 Å². The van der Waals surface area contributed by atoms with Gasteiger partial charge in [0, 0.05) is 0 Å². The van der Waals surface area contributed by atoms with Gasteiger partial charge in [0.2, 0.25) is 5.95 Å². The second-order valence-electron chi connectivity index (χ2n) is 4.20. The molecule has 2 rings (SSSR count). The van der Waals surface area contributed by atoms with Crippen molar-refractivity contribution in [2.24, 2.45) is 0 Å². The van der Waals surface area contributed by atoms with Crippen LogP contribution in [0.5, 0.6) is 0 Å². The topological polar surface area (TPSA) is 44.1 Å². The summed E-state index contributed by atoms with van der Waals surface area (Å²) >= 11 is 0. The first-order chi connectivity index (χ1) is 9.56. The average molecular weight is 280 g/mol. The minimum Gasteiger partial charge on any atom is -0.461 e. The molecule has 0 aliphatic heterocycles. The van der Waals surface area contributed by atoms with E-state index in [0.29, 0.717) is 0 Å². The number of imidazole rings is 1. The Morgan fingerprint density at radius 2 is 2.00 bits per heavy atom. The van der Waals surface area contributed by atoms with E-state index in [4.69, 9.17) is 4.74 Å². The Balaban J connectivity index is 2.48. The number of rotatable bonds is 4. The molecule has 20 heavy (non-hydrogen) atoms. The van der Waals surface area contributed by atoms with Crippen molar-refractivity contribution in [2.75, 3.05) is 6.61 Å². The number of carbonyl (C=O) groups is 1. The first-order valence-electron chi connectivity index (χ1n) is 6.21. The number of hydrogen-bond donors (Lipinski definition) is 0. The summed E-state index contributed by atoms with van der Waals surface area (Å²) in [5, 5.41) is 0. The molecule has 0 saturated heterocycles. The van der Waals surface area contributed by atoms with Crippen LogP contribution in [0.3, 0.4) is 0 Å². The van der Waals surface area contributed by atoms with Crippen LogP contribution in [0, 0.1) is 12.0 Å². The molecule has 1 heterocycles. The lowest BCUT2D eigenvalue weighted by molar-refractivity contribution is 0.0504. The van der Waals surface area contributed by atoms with Crippen LogP contribution in [0.2, 0.25) is 0 Å². The molecule has 0 bridgehead atoms. The van der Waals surface area contributed by atoms with Crippen LogP contribution in [0.25, 0.3) is 0 Å². The van der Waals surface area contributed by atoms with Crippen LogP contribution < -0.4 is 0 Å². The maximum atomic E-state index is 13.8. The highest BCUT2D eigenvalue weighted by atomic mass is 19.1. The van der Waals surface area contributed by atoms with Crippen molar-refractivity contribution < 1.29 is 18.3 Å². The van der Waals surface area contributed by atoms with E-state index < -0.39 is 29.7 Å². The second-order valence-corrected chi connectivity index (χ2v) is 4.20. The molecule has 1 aromatic heterocycles. The molecule has 0 saturated carbocycles. The van der Waals surface area contributed by atoms with Crippen molar-refractivity contribution in [3.8, 4) is 0 Å². The molecule has 0 radical (unpaired) electrons. The maximum absolute atomic E-state index is 13.8. The molecule has 1 atom stereocenters. The second kappa shape index (κ2) is 5.81. The molecule has 0 N–H and O–H groups in total. The quantitative estimate of drug-likeness (QED) is 0.809. The minimum atomic E-state index is -1.16. The number of halogens is 2. The molecule has 0 unspecified atom stereocenters. The molecule has 4 nitrogen and oxygen atoms in total. The Morgan fingerprint density at radius 1 is 1.35 bits per heavy atom. The number of benzene rings is 1. The van der Waals surface area contributed by atoms with Crippen LogP contribution in [0.15, 0.2) is 30.3 Å². The largest absolute Gasteiger partial charge is 0.461 e. The highest BCUT2D eigenvalue weighted by Crippen LogP contribution is 2.23. The van der Waals surface area contributed by atoms with Crippen LogP contribution in [-0.2, 0) is 4.74 Å². The third-order valence-electron chi connectivity index (χ3n) is 2.96. The number of aromatic nitrogens is 2.